The molecule has 8 aromatic rings. The number of aromatic nitrogens is 4. The number of carbonyl (C=O) groups excluding carboxylic acids is 5. The van der Waals surface area contributed by atoms with Crippen LogP contribution in [0, 0.1) is 0 Å². The lowest BCUT2D eigenvalue weighted by molar-refractivity contribution is 0.0525. The highest BCUT2D eigenvalue weighted by atomic mass is 35.5. The summed E-state index contributed by atoms with van der Waals surface area (Å²) < 4.78 is 8.34. The van der Waals surface area contributed by atoms with Gasteiger partial charge in [0.25, 0.3) is 11.8 Å². The number of amides is 4. The van der Waals surface area contributed by atoms with Crippen LogP contribution in [0.4, 0.5) is 11.4 Å². The molecule has 0 atom stereocenters. The number of nitrogens with zero attached hydrogens (tertiary/aromatic N) is 6. The van der Waals surface area contributed by atoms with E-state index in [1.165, 1.54) is 28.0 Å². The fourth-order valence-electron chi connectivity index (χ4n) is 6.90. The van der Waals surface area contributed by atoms with Crippen LogP contribution in [-0.4, -0.2) is 80.6 Å². The Morgan fingerprint density at radius 1 is 0.591 bits per heavy atom. The number of nitrogens with two attached hydrogens (primary N) is 2. The second-order valence-electron chi connectivity index (χ2n) is 14.6. The van der Waals surface area contributed by atoms with Crippen LogP contribution in [0.15, 0.2) is 134 Å². The molecule has 66 heavy (non-hydrogen) atoms. The molecule has 0 spiro atoms. The number of aromatic carboxylic acids is 1. The molecule has 0 radical (unpaired) electrons. The summed E-state index contributed by atoms with van der Waals surface area (Å²) in [4.78, 5) is 75.4. The maximum atomic E-state index is 13.3. The number of fused-ring (bicyclic) bond motifs is 2. The summed E-state index contributed by atoms with van der Waals surface area (Å²) in [6.45, 7) is 1.92. The van der Waals surface area contributed by atoms with E-state index in [1.807, 2.05) is 0 Å². The molecule has 0 bridgehead atoms. The van der Waals surface area contributed by atoms with Gasteiger partial charge >= 0.3 is 11.9 Å². The number of benzene rings is 4. The van der Waals surface area contributed by atoms with Crippen molar-refractivity contribution in [1.29, 1.82) is 0 Å². The van der Waals surface area contributed by atoms with Crippen LogP contribution in [0.2, 0.25) is 10.0 Å². The maximum absolute atomic E-state index is 13.3. The van der Waals surface area contributed by atoms with Crippen molar-refractivity contribution in [3.63, 3.8) is 0 Å². The number of anilines is 2. The lowest BCUT2D eigenvalue weighted by Crippen LogP contribution is -2.26. The van der Waals surface area contributed by atoms with E-state index in [4.69, 9.17) is 39.4 Å². The van der Waals surface area contributed by atoms with Gasteiger partial charge in [-0.05, 0) is 103 Å². The number of pyridine rings is 2. The smallest absolute Gasteiger partial charge is 0.339 e. The minimum Gasteiger partial charge on any atom is -0.478 e. The highest BCUT2D eigenvalue weighted by Crippen LogP contribution is 2.30. The molecule has 0 aliphatic carbocycles. The van der Waals surface area contributed by atoms with Gasteiger partial charge in [0.05, 0.1) is 51.2 Å². The Kier molecular flexibility index (Phi) is 13.3. The van der Waals surface area contributed by atoms with Crippen molar-refractivity contribution in [2.24, 2.45) is 11.5 Å². The predicted octanol–water partition coefficient (Wildman–Crippen LogP) is 7.94. The van der Waals surface area contributed by atoms with Crippen LogP contribution in [0.25, 0.3) is 33.3 Å². The van der Waals surface area contributed by atoms with Crippen molar-refractivity contribution in [3.8, 4) is 22.3 Å². The molecule has 4 aromatic heterocycles. The zero-order valence-electron chi connectivity index (χ0n) is 35.3. The van der Waals surface area contributed by atoms with Gasteiger partial charge in [-0.3, -0.25) is 19.2 Å². The summed E-state index contributed by atoms with van der Waals surface area (Å²) in [5, 5.41) is 18.3. The van der Waals surface area contributed by atoms with Crippen LogP contribution in [0.5, 0.6) is 0 Å². The molecule has 0 aliphatic heterocycles. The predicted molar refractivity (Wildman–Crippen MR) is 250 cm³/mol. The van der Waals surface area contributed by atoms with Crippen LogP contribution in [0.3, 0.4) is 0 Å². The van der Waals surface area contributed by atoms with Crippen molar-refractivity contribution in [3.05, 3.63) is 177 Å². The van der Waals surface area contributed by atoms with Crippen molar-refractivity contribution >= 4 is 81.2 Å². The van der Waals surface area contributed by atoms with Gasteiger partial charge in [0.15, 0.2) is 0 Å². The Balaban J connectivity index is 0.000000197. The summed E-state index contributed by atoms with van der Waals surface area (Å²) in [7, 11) is 3.17. The molecule has 18 heteroatoms. The third-order valence-corrected chi connectivity index (χ3v) is 11.2. The number of halogens is 2. The minimum absolute atomic E-state index is 0.0863. The third kappa shape index (κ3) is 9.45. The van der Waals surface area contributed by atoms with E-state index < -0.39 is 23.8 Å². The van der Waals surface area contributed by atoms with Crippen LogP contribution in [0.1, 0.15) is 69.1 Å². The van der Waals surface area contributed by atoms with Crippen molar-refractivity contribution in [2.75, 3.05) is 30.5 Å². The van der Waals surface area contributed by atoms with Gasteiger partial charge in [0, 0.05) is 71.2 Å². The Hall–Kier alpha value is -8.34. The van der Waals surface area contributed by atoms with E-state index >= 15 is 0 Å². The molecule has 16 nitrogen and oxygen atoms in total. The summed E-state index contributed by atoms with van der Waals surface area (Å²) >= 11 is 12.1. The normalized spacial score (nSPS) is 10.8. The number of hydrogen-bond acceptors (Lipinski definition) is 9. The molecule has 4 heterocycles. The van der Waals surface area contributed by atoms with E-state index in [9.17, 15) is 33.9 Å². The van der Waals surface area contributed by atoms with E-state index in [0.29, 0.717) is 39.1 Å². The number of rotatable bonds is 11. The first kappa shape index (κ1) is 45.7. The van der Waals surface area contributed by atoms with E-state index in [2.05, 4.69) is 10.2 Å². The van der Waals surface area contributed by atoms with Crippen LogP contribution >= 0.6 is 23.2 Å². The molecule has 4 amide bonds. The quantitative estimate of drug-likeness (QED) is 0.106. The zero-order chi connectivity index (χ0) is 47.4. The highest BCUT2D eigenvalue weighted by molar-refractivity contribution is 6.34. The summed E-state index contributed by atoms with van der Waals surface area (Å²) in [6.07, 6.45) is 6.73. The topological polar surface area (TPSA) is 225 Å². The van der Waals surface area contributed by atoms with Gasteiger partial charge in [0.2, 0.25) is 11.8 Å². The summed E-state index contributed by atoms with van der Waals surface area (Å²) in [5.74, 6) is -3.36. The third-order valence-electron chi connectivity index (χ3n) is 10.5. The molecule has 0 aliphatic rings. The number of hydrogen-bond donors (Lipinski definition) is 3. The first-order chi connectivity index (χ1) is 31.6. The van der Waals surface area contributed by atoms with Gasteiger partial charge in [0.1, 0.15) is 0 Å². The zero-order valence-corrected chi connectivity index (χ0v) is 36.8. The fourth-order valence-corrected chi connectivity index (χ4v) is 7.29. The van der Waals surface area contributed by atoms with Crippen LogP contribution < -0.4 is 21.3 Å². The summed E-state index contributed by atoms with van der Waals surface area (Å²) in [6, 6.07) is 29.5. The van der Waals surface area contributed by atoms with E-state index in [0.717, 1.165) is 27.8 Å². The van der Waals surface area contributed by atoms with E-state index in [-0.39, 0.29) is 39.6 Å². The number of carbonyl (C=O) groups is 6. The average molecular weight is 926 g/mol. The Morgan fingerprint density at radius 3 is 1.39 bits per heavy atom. The number of primary amides is 2. The molecule has 0 fully saturated rings. The second kappa shape index (κ2) is 19.2. The van der Waals surface area contributed by atoms with Gasteiger partial charge in [-0.15, -0.1) is 0 Å². The van der Waals surface area contributed by atoms with Gasteiger partial charge in [-0.1, -0.05) is 47.5 Å². The molecule has 8 rings (SSSR count). The number of esters is 1. The average Bonchev–Trinajstić information content (AvgIpc) is 3.95. The van der Waals surface area contributed by atoms with Crippen molar-refractivity contribution < 1.29 is 38.6 Å². The second-order valence-corrected chi connectivity index (χ2v) is 15.4. The van der Waals surface area contributed by atoms with Crippen molar-refractivity contribution in [1.82, 2.24) is 19.2 Å². The lowest BCUT2D eigenvalue weighted by Gasteiger charge is -2.19. The Bertz CT molecular complexity index is 3220. The minimum atomic E-state index is -1.18. The fraction of sp³-hybridized carbons (Fsp3) is 0.0833. The van der Waals surface area contributed by atoms with Gasteiger partial charge in [-0.25, -0.2) is 18.6 Å². The number of ether oxygens (including phenoxy) is 1. The monoisotopic (exact) mass is 924 g/mol. The SMILES string of the molecule is CCOC(=O)c1cc(N(C)C(=O)c2ccn3ncc(-c4ccc(C(N)=O)cc4)c3c2)ccc1Cl.CN(C(=O)c1ccn2ncc(-c3ccc(C(N)=O)cc3)c2c1)c1ccc(Cl)c(C(=O)O)c1. The molecule has 332 valence electrons. The van der Waals surface area contributed by atoms with Gasteiger partial charge in [-0.2, -0.15) is 10.2 Å². The first-order valence-corrected chi connectivity index (χ1v) is 20.6. The molecular weight excluding hydrogens is 887 g/mol. The Labute approximate surface area is 386 Å². The standard InChI is InChI=1S/C25H21ClN4O4.C23H17ClN4O4/c1-3-34-25(33)19-13-18(8-9-21(19)26)29(2)24(32)17-10-11-30-22(12-17)20(14-28-30)15-4-6-16(7-5-15)23(27)31;1-27(16-6-7-19(24)17(11-16)23(31)32)22(30)15-8-9-28-20(10-15)18(12-26-28)13-2-4-14(5-3-13)21(25)29/h4-14H,3H2,1-2H3,(H2,27,31);2-12H,1H3,(H2,25,29)(H,31,32). The molecular formula is C48H38Cl2N8O8. The molecule has 0 saturated carbocycles. The van der Waals surface area contributed by atoms with Crippen molar-refractivity contribution in [2.45, 2.75) is 6.92 Å². The summed E-state index contributed by atoms with van der Waals surface area (Å²) in [5.41, 5.74) is 17.9. The number of carboxylic acid groups (broad SMARTS) is 1. The van der Waals surface area contributed by atoms with E-state index in [1.54, 1.807) is 146 Å². The Morgan fingerprint density at radius 2 is 1.00 bits per heavy atom. The molecule has 0 unspecified atom stereocenters. The molecule has 0 saturated heterocycles. The number of carboxylic acids is 1. The highest BCUT2D eigenvalue weighted by Gasteiger charge is 2.21. The van der Waals surface area contributed by atoms with Gasteiger partial charge < -0.3 is 31.1 Å². The lowest BCUT2D eigenvalue weighted by atomic mass is 10.0. The maximum Gasteiger partial charge on any atom is 0.339 e. The molecule has 5 N–H and O–H groups in total. The van der Waals surface area contributed by atoms with Crippen LogP contribution in [-0.2, 0) is 4.74 Å². The first-order valence-electron chi connectivity index (χ1n) is 19.9. The molecule has 4 aromatic carbocycles. The largest absolute Gasteiger partial charge is 0.478 e.